The average Bonchev–Trinajstić information content (AvgIpc) is 3.30. The molecule has 1 saturated heterocycles. The zero-order valence-corrected chi connectivity index (χ0v) is 11.3. The van der Waals surface area contributed by atoms with Gasteiger partial charge in [0, 0.05) is 23.7 Å². The Morgan fingerprint density at radius 1 is 1.11 bits per heavy atom. The third kappa shape index (κ3) is 3.35. The summed E-state index contributed by atoms with van der Waals surface area (Å²) in [6, 6.07) is 8.02. The second-order valence-electron chi connectivity index (χ2n) is 5.79. The summed E-state index contributed by atoms with van der Waals surface area (Å²) in [5.74, 6) is 1.40. The van der Waals surface area contributed by atoms with E-state index in [1.54, 1.807) is 0 Å². The lowest BCUT2D eigenvalue weighted by atomic mass is 9.89. The fraction of sp³-hybridized carbons (Fsp3) is 0.562. The molecule has 0 atom stereocenters. The van der Waals surface area contributed by atoms with Gasteiger partial charge in [0.2, 0.25) is 0 Å². The molecule has 0 radical (unpaired) electrons. The molecule has 1 aromatic rings. The minimum atomic E-state index is 0.214. The molecule has 1 heterocycles. The van der Waals surface area contributed by atoms with Gasteiger partial charge in [0.1, 0.15) is 0 Å². The van der Waals surface area contributed by atoms with Crippen LogP contribution in [0.1, 0.15) is 36.0 Å². The summed E-state index contributed by atoms with van der Waals surface area (Å²) in [6.45, 7) is 3.01. The first-order chi connectivity index (χ1) is 9.33. The van der Waals surface area contributed by atoms with E-state index in [1.165, 1.54) is 12.8 Å². The van der Waals surface area contributed by atoms with Gasteiger partial charge in [-0.15, -0.1) is 0 Å². The number of anilines is 1. The molecule has 3 nitrogen and oxygen atoms in total. The Balaban J connectivity index is 1.58. The molecule has 1 aromatic carbocycles. The SMILES string of the molecule is O=C(c1ccc(NCC2CC2)cc1)C1CCNCC1. The molecule has 3 rings (SSSR count). The van der Waals surface area contributed by atoms with Gasteiger partial charge in [0.05, 0.1) is 0 Å². The highest BCUT2D eigenvalue weighted by Crippen LogP contribution is 2.29. The second kappa shape index (κ2) is 5.74. The molecule has 2 aliphatic rings. The number of piperidine rings is 1. The lowest BCUT2D eigenvalue weighted by Crippen LogP contribution is -2.31. The van der Waals surface area contributed by atoms with Crippen LogP contribution in [-0.2, 0) is 0 Å². The van der Waals surface area contributed by atoms with Gasteiger partial charge in [-0.2, -0.15) is 0 Å². The largest absolute Gasteiger partial charge is 0.385 e. The Bertz CT molecular complexity index is 431. The first-order valence-electron chi connectivity index (χ1n) is 7.42. The Labute approximate surface area is 114 Å². The standard InChI is InChI=1S/C16H22N2O/c19-16(14-7-9-17-10-8-14)13-3-5-15(6-4-13)18-11-12-1-2-12/h3-6,12,14,17-18H,1-2,7-11H2. The number of Topliss-reactive ketones (excluding diaryl/α,β-unsaturated/α-hetero) is 1. The molecule has 0 bridgehead atoms. The van der Waals surface area contributed by atoms with Crippen LogP contribution >= 0.6 is 0 Å². The zero-order chi connectivity index (χ0) is 13.1. The van der Waals surface area contributed by atoms with Crippen LogP contribution in [-0.4, -0.2) is 25.4 Å². The number of carbonyl (C=O) groups is 1. The van der Waals surface area contributed by atoms with E-state index in [0.717, 1.165) is 49.6 Å². The minimum Gasteiger partial charge on any atom is -0.385 e. The molecule has 2 N–H and O–H groups in total. The number of hydrogen-bond donors (Lipinski definition) is 2. The summed E-state index contributed by atoms with van der Waals surface area (Å²) in [5, 5.41) is 6.73. The van der Waals surface area contributed by atoms with Gasteiger partial charge in [-0.05, 0) is 69.0 Å². The summed E-state index contributed by atoms with van der Waals surface area (Å²) >= 11 is 0. The number of nitrogens with one attached hydrogen (secondary N) is 2. The molecule has 102 valence electrons. The van der Waals surface area contributed by atoms with Crippen LogP contribution in [0.2, 0.25) is 0 Å². The maximum atomic E-state index is 12.3. The molecule has 0 spiro atoms. The van der Waals surface area contributed by atoms with E-state index >= 15 is 0 Å². The third-order valence-corrected chi connectivity index (χ3v) is 4.17. The highest BCUT2D eigenvalue weighted by molar-refractivity contribution is 5.98. The quantitative estimate of drug-likeness (QED) is 0.798. The predicted octanol–water partition coefficient (Wildman–Crippen LogP) is 2.69. The van der Waals surface area contributed by atoms with Crippen molar-refractivity contribution in [2.45, 2.75) is 25.7 Å². The van der Waals surface area contributed by atoms with E-state index in [1.807, 2.05) is 24.3 Å². The van der Waals surface area contributed by atoms with Gasteiger partial charge in [0.25, 0.3) is 0 Å². The molecule has 0 unspecified atom stereocenters. The molecule has 19 heavy (non-hydrogen) atoms. The van der Waals surface area contributed by atoms with Crippen LogP contribution in [0.3, 0.4) is 0 Å². The first-order valence-corrected chi connectivity index (χ1v) is 7.42. The minimum absolute atomic E-state index is 0.214. The number of hydrogen-bond acceptors (Lipinski definition) is 3. The van der Waals surface area contributed by atoms with E-state index in [-0.39, 0.29) is 5.92 Å². The molecule has 1 aliphatic heterocycles. The normalized spacial score (nSPS) is 20.2. The van der Waals surface area contributed by atoms with Crippen LogP contribution in [0.25, 0.3) is 0 Å². The summed E-state index contributed by atoms with van der Waals surface area (Å²) < 4.78 is 0. The van der Waals surface area contributed by atoms with Crippen LogP contribution in [0, 0.1) is 11.8 Å². The zero-order valence-electron chi connectivity index (χ0n) is 11.3. The summed E-state index contributed by atoms with van der Waals surface area (Å²) in [6.07, 6.45) is 4.67. The maximum Gasteiger partial charge on any atom is 0.166 e. The van der Waals surface area contributed by atoms with Crippen LogP contribution < -0.4 is 10.6 Å². The number of rotatable bonds is 5. The summed E-state index contributed by atoms with van der Waals surface area (Å²) in [4.78, 5) is 12.3. The predicted molar refractivity (Wildman–Crippen MR) is 77.6 cm³/mol. The average molecular weight is 258 g/mol. The Hall–Kier alpha value is -1.35. The smallest absolute Gasteiger partial charge is 0.166 e. The van der Waals surface area contributed by atoms with Crippen molar-refractivity contribution in [3.63, 3.8) is 0 Å². The number of benzene rings is 1. The van der Waals surface area contributed by atoms with Crippen molar-refractivity contribution in [3.05, 3.63) is 29.8 Å². The molecule has 1 aliphatic carbocycles. The van der Waals surface area contributed by atoms with Crippen molar-refractivity contribution >= 4 is 11.5 Å². The lowest BCUT2D eigenvalue weighted by molar-refractivity contribution is 0.0895. The first kappa shape index (κ1) is 12.7. The molecule has 3 heteroatoms. The fourth-order valence-corrected chi connectivity index (χ4v) is 2.66. The van der Waals surface area contributed by atoms with Gasteiger partial charge >= 0.3 is 0 Å². The van der Waals surface area contributed by atoms with E-state index in [2.05, 4.69) is 10.6 Å². The molecular weight excluding hydrogens is 236 g/mol. The molecule has 1 saturated carbocycles. The Kier molecular flexibility index (Phi) is 3.83. The Morgan fingerprint density at radius 3 is 2.42 bits per heavy atom. The third-order valence-electron chi connectivity index (χ3n) is 4.17. The molecule has 2 fully saturated rings. The fourth-order valence-electron chi connectivity index (χ4n) is 2.66. The van der Waals surface area contributed by atoms with Gasteiger partial charge in [-0.25, -0.2) is 0 Å². The molecule has 0 aromatic heterocycles. The van der Waals surface area contributed by atoms with Crippen LogP contribution in [0.4, 0.5) is 5.69 Å². The van der Waals surface area contributed by atoms with Gasteiger partial charge in [-0.3, -0.25) is 4.79 Å². The topological polar surface area (TPSA) is 41.1 Å². The monoisotopic (exact) mass is 258 g/mol. The van der Waals surface area contributed by atoms with E-state index < -0.39 is 0 Å². The highest BCUT2D eigenvalue weighted by Gasteiger charge is 2.22. The van der Waals surface area contributed by atoms with Crippen LogP contribution in [0.15, 0.2) is 24.3 Å². The number of carbonyl (C=O) groups excluding carboxylic acids is 1. The molecule has 0 amide bonds. The summed E-state index contributed by atoms with van der Waals surface area (Å²) in [7, 11) is 0. The van der Waals surface area contributed by atoms with Crippen molar-refractivity contribution < 1.29 is 4.79 Å². The van der Waals surface area contributed by atoms with Crippen molar-refractivity contribution in [1.29, 1.82) is 0 Å². The second-order valence-corrected chi connectivity index (χ2v) is 5.79. The number of ketones is 1. The summed E-state index contributed by atoms with van der Waals surface area (Å²) in [5.41, 5.74) is 2.00. The Morgan fingerprint density at radius 2 is 1.79 bits per heavy atom. The van der Waals surface area contributed by atoms with Crippen molar-refractivity contribution in [1.82, 2.24) is 5.32 Å². The maximum absolute atomic E-state index is 12.3. The van der Waals surface area contributed by atoms with Crippen molar-refractivity contribution in [3.8, 4) is 0 Å². The highest BCUT2D eigenvalue weighted by atomic mass is 16.1. The van der Waals surface area contributed by atoms with Gasteiger partial charge in [-0.1, -0.05) is 0 Å². The van der Waals surface area contributed by atoms with E-state index in [9.17, 15) is 4.79 Å². The van der Waals surface area contributed by atoms with Crippen molar-refractivity contribution in [2.75, 3.05) is 25.0 Å². The lowest BCUT2D eigenvalue weighted by Gasteiger charge is -2.21. The van der Waals surface area contributed by atoms with E-state index in [4.69, 9.17) is 0 Å². The van der Waals surface area contributed by atoms with Crippen LogP contribution in [0.5, 0.6) is 0 Å². The van der Waals surface area contributed by atoms with Gasteiger partial charge < -0.3 is 10.6 Å². The van der Waals surface area contributed by atoms with Crippen molar-refractivity contribution in [2.24, 2.45) is 11.8 Å². The van der Waals surface area contributed by atoms with Gasteiger partial charge in [0.15, 0.2) is 5.78 Å². The molecular formula is C16H22N2O. The van der Waals surface area contributed by atoms with E-state index in [0.29, 0.717) is 5.78 Å².